The van der Waals surface area contributed by atoms with Crippen molar-refractivity contribution in [1.29, 1.82) is 0 Å². The Hall–Kier alpha value is -2.53. The number of alkyl halides is 6. The number of nitrogens with zero attached hydrogens (tertiary/aromatic N) is 1. The Morgan fingerprint density at radius 1 is 0.897 bits per heavy atom. The van der Waals surface area contributed by atoms with Crippen LogP contribution in [0.1, 0.15) is 11.1 Å². The van der Waals surface area contributed by atoms with Gasteiger partial charge in [-0.25, -0.2) is 8.42 Å². The minimum absolute atomic E-state index is 0.142. The third kappa shape index (κ3) is 3.97. The average molecular weight is 439 g/mol. The highest BCUT2D eigenvalue weighted by Crippen LogP contribution is 2.50. The molecular formula is C18H15F6NO3S. The van der Waals surface area contributed by atoms with Gasteiger partial charge in [0, 0.05) is 12.6 Å². The second-order valence-corrected chi connectivity index (χ2v) is 7.97. The predicted molar refractivity (Wildman–Crippen MR) is 94.6 cm³/mol. The summed E-state index contributed by atoms with van der Waals surface area (Å²) >= 11 is 0. The number of aliphatic hydroxyl groups is 1. The Kier molecular flexibility index (Phi) is 5.79. The molecule has 0 unspecified atom stereocenters. The molecule has 158 valence electrons. The molecular weight excluding hydrogens is 424 g/mol. The van der Waals surface area contributed by atoms with E-state index in [1.54, 1.807) is 0 Å². The summed E-state index contributed by atoms with van der Waals surface area (Å²) in [6.45, 7) is 3.53. The van der Waals surface area contributed by atoms with Crippen LogP contribution in [0.2, 0.25) is 0 Å². The zero-order chi connectivity index (χ0) is 22.3. The third-order valence-corrected chi connectivity index (χ3v) is 6.04. The standard InChI is InChI=1S/C18H15F6NO3S/c1-3-12-4-10-15(11-5-12)29(27,28)25(2)14-8-6-13(7-9-14)16(26,17(19,20)21)18(22,23)24/h3-11,26H,1H2,2H3. The summed E-state index contributed by atoms with van der Waals surface area (Å²) in [4.78, 5) is -0.142. The van der Waals surface area contributed by atoms with Crippen LogP contribution in [0.4, 0.5) is 32.0 Å². The maximum absolute atomic E-state index is 12.9. The smallest absolute Gasteiger partial charge is 0.369 e. The van der Waals surface area contributed by atoms with E-state index in [1.165, 1.54) is 30.3 Å². The first-order valence-corrected chi connectivity index (χ1v) is 9.28. The van der Waals surface area contributed by atoms with Gasteiger partial charge in [-0.1, -0.05) is 36.9 Å². The number of hydrogen-bond donors (Lipinski definition) is 1. The summed E-state index contributed by atoms with van der Waals surface area (Å²) in [5.74, 6) is 0. The first-order chi connectivity index (χ1) is 13.2. The lowest BCUT2D eigenvalue weighted by Crippen LogP contribution is -2.53. The van der Waals surface area contributed by atoms with Gasteiger partial charge in [0.2, 0.25) is 0 Å². The molecule has 2 aromatic rings. The van der Waals surface area contributed by atoms with Crippen molar-refractivity contribution in [3.8, 4) is 0 Å². The van der Waals surface area contributed by atoms with Crippen LogP contribution in [0.25, 0.3) is 6.08 Å². The average Bonchev–Trinajstić information content (AvgIpc) is 2.65. The van der Waals surface area contributed by atoms with E-state index >= 15 is 0 Å². The normalized spacial score (nSPS) is 13.2. The highest BCUT2D eigenvalue weighted by molar-refractivity contribution is 7.92. The SMILES string of the molecule is C=Cc1ccc(S(=O)(=O)N(C)c2ccc(C(O)(C(F)(F)F)C(F)(F)F)cc2)cc1. The molecule has 0 saturated carbocycles. The van der Waals surface area contributed by atoms with Crippen LogP contribution in [0.3, 0.4) is 0 Å². The number of halogens is 6. The van der Waals surface area contributed by atoms with Gasteiger partial charge in [0.25, 0.3) is 15.6 Å². The van der Waals surface area contributed by atoms with E-state index in [0.29, 0.717) is 22.0 Å². The van der Waals surface area contributed by atoms with Crippen LogP contribution in [0, 0.1) is 0 Å². The van der Waals surface area contributed by atoms with Crippen molar-refractivity contribution in [2.45, 2.75) is 22.8 Å². The van der Waals surface area contributed by atoms with Crippen LogP contribution in [0.5, 0.6) is 0 Å². The summed E-state index contributed by atoms with van der Waals surface area (Å²) in [7, 11) is -3.04. The van der Waals surface area contributed by atoms with Gasteiger partial charge in [0.05, 0.1) is 10.6 Å². The van der Waals surface area contributed by atoms with Gasteiger partial charge in [-0.2, -0.15) is 26.3 Å². The van der Waals surface area contributed by atoms with E-state index in [4.69, 9.17) is 0 Å². The van der Waals surface area contributed by atoms with E-state index in [2.05, 4.69) is 6.58 Å². The number of hydrogen-bond acceptors (Lipinski definition) is 3. The van der Waals surface area contributed by atoms with Crippen molar-refractivity contribution in [3.63, 3.8) is 0 Å². The molecule has 1 N–H and O–H groups in total. The Morgan fingerprint density at radius 2 is 1.34 bits per heavy atom. The molecule has 2 aromatic carbocycles. The zero-order valence-corrected chi connectivity index (χ0v) is 15.6. The Labute approximate surface area is 162 Å². The Balaban J connectivity index is 2.44. The van der Waals surface area contributed by atoms with Crippen molar-refractivity contribution in [1.82, 2.24) is 0 Å². The second kappa shape index (κ2) is 7.38. The van der Waals surface area contributed by atoms with Crippen LogP contribution in [0.15, 0.2) is 60.0 Å². The van der Waals surface area contributed by atoms with Crippen molar-refractivity contribution in [2.24, 2.45) is 0 Å². The van der Waals surface area contributed by atoms with Crippen molar-refractivity contribution in [3.05, 3.63) is 66.2 Å². The summed E-state index contributed by atoms with van der Waals surface area (Å²) in [5.41, 5.74) is -6.12. The molecule has 0 atom stereocenters. The predicted octanol–water partition coefficient (Wildman–Crippen LogP) is 4.47. The van der Waals surface area contributed by atoms with Crippen LogP contribution in [-0.4, -0.2) is 32.9 Å². The van der Waals surface area contributed by atoms with Crippen molar-refractivity contribution in [2.75, 3.05) is 11.4 Å². The molecule has 29 heavy (non-hydrogen) atoms. The van der Waals surface area contributed by atoms with E-state index in [-0.39, 0.29) is 10.6 Å². The molecule has 0 bridgehead atoms. The molecule has 2 rings (SSSR count). The fourth-order valence-electron chi connectivity index (χ4n) is 2.47. The van der Waals surface area contributed by atoms with Crippen LogP contribution < -0.4 is 4.31 Å². The molecule has 0 amide bonds. The van der Waals surface area contributed by atoms with Gasteiger partial charge < -0.3 is 5.11 Å². The number of rotatable bonds is 5. The molecule has 0 aliphatic rings. The maximum atomic E-state index is 12.9. The van der Waals surface area contributed by atoms with Gasteiger partial charge in [-0.3, -0.25) is 4.31 Å². The van der Waals surface area contributed by atoms with Gasteiger partial charge >= 0.3 is 12.4 Å². The third-order valence-electron chi connectivity index (χ3n) is 4.24. The van der Waals surface area contributed by atoms with Crippen LogP contribution >= 0.6 is 0 Å². The lowest BCUT2D eigenvalue weighted by molar-refractivity contribution is -0.376. The van der Waals surface area contributed by atoms with Gasteiger partial charge in [0.1, 0.15) is 0 Å². The number of anilines is 1. The van der Waals surface area contributed by atoms with E-state index in [0.717, 1.165) is 19.2 Å². The van der Waals surface area contributed by atoms with Crippen molar-refractivity contribution < 1.29 is 39.9 Å². The van der Waals surface area contributed by atoms with Crippen LogP contribution in [-0.2, 0) is 15.6 Å². The first kappa shape index (κ1) is 22.8. The topological polar surface area (TPSA) is 57.6 Å². The summed E-state index contributed by atoms with van der Waals surface area (Å²) in [5, 5.41) is 9.38. The molecule has 0 aliphatic carbocycles. The van der Waals surface area contributed by atoms with Crippen molar-refractivity contribution >= 4 is 21.8 Å². The van der Waals surface area contributed by atoms with Gasteiger partial charge in [0.15, 0.2) is 0 Å². The summed E-state index contributed by atoms with van der Waals surface area (Å²) < 4.78 is 104. The molecule has 0 saturated heterocycles. The fourth-order valence-corrected chi connectivity index (χ4v) is 3.67. The Bertz CT molecular complexity index is 966. The lowest BCUT2D eigenvalue weighted by Gasteiger charge is -2.33. The first-order valence-electron chi connectivity index (χ1n) is 7.84. The minimum Gasteiger partial charge on any atom is -0.369 e. The molecule has 11 heteroatoms. The quantitative estimate of drug-likeness (QED) is 0.700. The fraction of sp³-hybridized carbons (Fsp3) is 0.222. The Morgan fingerprint density at radius 3 is 1.72 bits per heavy atom. The number of benzene rings is 2. The van der Waals surface area contributed by atoms with E-state index in [1.807, 2.05) is 0 Å². The molecule has 0 aromatic heterocycles. The second-order valence-electron chi connectivity index (χ2n) is 6.00. The molecule has 0 heterocycles. The zero-order valence-electron chi connectivity index (χ0n) is 14.8. The number of sulfonamides is 1. The monoisotopic (exact) mass is 439 g/mol. The molecule has 0 radical (unpaired) electrons. The van der Waals surface area contributed by atoms with Gasteiger partial charge in [-0.15, -0.1) is 0 Å². The molecule has 0 spiro atoms. The summed E-state index contributed by atoms with van der Waals surface area (Å²) in [6.07, 6.45) is -10.6. The molecule has 0 aliphatic heterocycles. The summed E-state index contributed by atoms with van der Waals surface area (Å²) in [6, 6.07) is 7.76. The molecule has 0 fully saturated rings. The van der Waals surface area contributed by atoms with Gasteiger partial charge in [-0.05, 0) is 29.8 Å². The highest BCUT2D eigenvalue weighted by atomic mass is 32.2. The minimum atomic E-state index is -6.03. The highest BCUT2D eigenvalue weighted by Gasteiger charge is 2.71. The maximum Gasteiger partial charge on any atom is 0.430 e. The largest absolute Gasteiger partial charge is 0.430 e. The lowest BCUT2D eigenvalue weighted by atomic mass is 9.92. The van der Waals surface area contributed by atoms with E-state index in [9.17, 15) is 39.9 Å². The van der Waals surface area contributed by atoms with E-state index < -0.39 is 33.5 Å². The molecule has 4 nitrogen and oxygen atoms in total.